The summed E-state index contributed by atoms with van der Waals surface area (Å²) in [6.07, 6.45) is 2.23. The van der Waals surface area contributed by atoms with Crippen LogP contribution in [0.2, 0.25) is 0 Å². The summed E-state index contributed by atoms with van der Waals surface area (Å²) >= 11 is 0. The number of carbonyl (C=O) groups excluding carboxylic acids is 1. The zero-order valence-electron chi connectivity index (χ0n) is 11.1. The molecule has 1 heterocycles. The standard InChI is InChI=1S/C13H16N2O5/c1-9-10(5-4-6-11(9)15(17)18)13(16)14-20-12-7-2-3-8-19-12/h4-6,12H,2-3,7-8H2,1H3,(H,14,16). The molecule has 7 nitrogen and oxygen atoms in total. The second-order valence-electron chi connectivity index (χ2n) is 4.55. The summed E-state index contributed by atoms with van der Waals surface area (Å²) in [7, 11) is 0. The van der Waals surface area contributed by atoms with Crippen molar-refractivity contribution in [3.8, 4) is 0 Å². The van der Waals surface area contributed by atoms with Crippen molar-refractivity contribution in [2.24, 2.45) is 0 Å². The fourth-order valence-corrected chi connectivity index (χ4v) is 2.05. The quantitative estimate of drug-likeness (QED) is 0.673. The van der Waals surface area contributed by atoms with Gasteiger partial charge in [-0.25, -0.2) is 10.3 Å². The third kappa shape index (κ3) is 3.31. The van der Waals surface area contributed by atoms with Crippen LogP contribution in [0, 0.1) is 17.0 Å². The number of nitrogens with one attached hydrogen (secondary N) is 1. The lowest BCUT2D eigenvalue weighted by Crippen LogP contribution is -2.33. The van der Waals surface area contributed by atoms with E-state index in [1.54, 1.807) is 0 Å². The molecule has 1 saturated heterocycles. The molecule has 2 rings (SSSR count). The minimum Gasteiger partial charge on any atom is -0.350 e. The summed E-state index contributed by atoms with van der Waals surface area (Å²) in [6.45, 7) is 2.14. The van der Waals surface area contributed by atoms with Crippen LogP contribution in [0.25, 0.3) is 0 Å². The molecule has 1 aliphatic rings. The van der Waals surface area contributed by atoms with Gasteiger partial charge in [-0.2, -0.15) is 0 Å². The number of nitrogens with zero attached hydrogens (tertiary/aromatic N) is 1. The smallest absolute Gasteiger partial charge is 0.275 e. The van der Waals surface area contributed by atoms with Gasteiger partial charge in [0.1, 0.15) is 0 Å². The fourth-order valence-electron chi connectivity index (χ4n) is 2.05. The van der Waals surface area contributed by atoms with Gasteiger partial charge >= 0.3 is 0 Å². The van der Waals surface area contributed by atoms with Crippen molar-refractivity contribution < 1.29 is 19.3 Å². The Morgan fingerprint density at radius 3 is 2.95 bits per heavy atom. The van der Waals surface area contributed by atoms with E-state index < -0.39 is 17.1 Å². The van der Waals surface area contributed by atoms with E-state index in [0.29, 0.717) is 18.6 Å². The highest BCUT2D eigenvalue weighted by Gasteiger charge is 2.20. The number of rotatable bonds is 4. The second-order valence-corrected chi connectivity index (χ2v) is 4.55. The van der Waals surface area contributed by atoms with Gasteiger partial charge in [0.15, 0.2) is 6.29 Å². The minimum absolute atomic E-state index is 0.0911. The first-order chi connectivity index (χ1) is 9.59. The second kappa shape index (κ2) is 6.44. The summed E-state index contributed by atoms with van der Waals surface area (Å²) in [5.41, 5.74) is 2.72. The van der Waals surface area contributed by atoms with E-state index in [-0.39, 0.29) is 11.3 Å². The summed E-state index contributed by atoms with van der Waals surface area (Å²) in [5.74, 6) is -0.514. The van der Waals surface area contributed by atoms with Gasteiger partial charge in [-0.05, 0) is 25.8 Å². The average molecular weight is 280 g/mol. The number of carbonyl (C=O) groups is 1. The van der Waals surface area contributed by atoms with Crippen LogP contribution in [0.3, 0.4) is 0 Å². The Kier molecular flexibility index (Phi) is 4.65. The summed E-state index contributed by atoms with van der Waals surface area (Å²) in [6, 6.07) is 4.34. The number of benzene rings is 1. The molecule has 1 aromatic rings. The van der Waals surface area contributed by atoms with Crippen molar-refractivity contribution in [2.75, 3.05) is 6.61 Å². The number of nitro groups is 1. The normalized spacial score (nSPS) is 18.6. The van der Waals surface area contributed by atoms with Crippen LogP contribution in [0.1, 0.15) is 35.2 Å². The number of ether oxygens (including phenoxy) is 1. The first kappa shape index (κ1) is 14.4. The first-order valence-corrected chi connectivity index (χ1v) is 6.41. The van der Waals surface area contributed by atoms with Crippen LogP contribution in [-0.4, -0.2) is 23.7 Å². The molecule has 0 aromatic heterocycles. The molecule has 0 spiro atoms. The number of hydrogen-bond acceptors (Lipinski definition) is 5. The van der Waals surface area contributed by atoms with Gasteiger partial charge in [-0.1, -0.05) is 6.07 Å². The van der Waals surface area contributed by atoms with E-state index in [1.165, 1.54) is 25.1 Å². The van der Waals surface area contributed by atoms with Gasteiger partial charge in [0.25, 0.3) is 11.6 Å². The lowest BCUT2D eigenvalue weighted by Gasteiger charge is -2.22. The summed E-state index contributed by atoms with van der Waals surface area (Å²) < 4.78 is 5.31. The number of amides is 1. The van der Waals surface area contributed by atoms with Gasteiger partial charge in [0.2, 0.25) is 0 Å². The Morgan fingerprint density at radius 1 is 1.50 bits per heavy atom. The number of hydroxylamine groups is 1. The zero-order valence-corrected chi connectivity index (χ0v) is 11.1. The molecular formula is C13H16N2O5. The van der Waals surface area contributed by atoms with Crippen LogP contribution in [0.5, 0.6) is 0 Å². The highest BCUT2D eigenvalue weighted by molar-refractivity contribution is 5.95. The van der Waals surface area contributed by atoms with Crippen LogP contribution in [0.15, 0.2) is 18.2 Å². The van der Waals surface area contributed by atoms with Crippen molar-refractivity contribution in [3.05, 3.63) is 39.4 Å². The fraction of sp³-hybridized carbons (Fsp3) is 0.462. The van der Waals surface area contributed by atoms with Crippen LogP contribution < -0.4 is 5.48 Å². The predicted octanol–water partition coefficient (Wildman–Crippen LogP) is 2.09. The molecule has 0 bridgehead atoms. The van der Waals surface area contributed by atoms with Gasteiger partial charge in [0, 0.05) is 24.7 Å². The maximum atomic E-state index is 12.0. The molecule has 0 saturated carbocycles. The maximum Gasteiger partial charge on any atom is 0.275 e. The van der Waals surface area contributed by atoms with Crippen LogP contribution in [-0.2, 0) is 9.57 Å². The van der Waals surface area contributed by atoms with E-state index in [1.807, 2.05) is 0 Å². The van der Waals surface area contributed by atoms with E-state index in [9.17, 15) is 14.9 Å². The molecule has 1 aromatic carbocycles. The summed E-state index contributed by atoms with van der Waals surface area (Å²) in [5, 5.41) is 10.8. The minimum atomic E-state index is -0.517. The third-order valence-corrected chi connectivity index (χ3v) is 3.17. The maximum absolute atomic E-state index is 12.0. The molecule has 7 heteroatoms. The molecule has 1 aliphatic heterocycles. The molecule has 1 fully saturated rings. The monoisotopic (exact) mass is 280 g/mol. The van der Waals surface area contributed by atoms with Crippen molar-refractivity contribution in [3.63, 3.8) is 0 Å². The van der Waals surface area contributed by atoms with Gasteiger partial charge in [-0.15, -0.1) is 0 Å². The molecule has 1 amide bonds. The van der Waals surface area contributed by atoms with Crippen molar-refractivity contribution in [2.45, 2.75) is 32.5 Å². The Balaban J connectivity index is 2.01. The number of hydrogen-bond donors (Lipinski definition) is 1. The Hall–Kier alpha value is -1.99. The third-order valence-electron chi connectivity index (χ3n) is 3.17. The van der Waals surface area contributed by atoms with Crippen molar-refractivity contribution >= 4 is 11.6 Å². The topological polar surface area (TPSA) is 90.7 Å². The molecule has 1 unspecified atom stereocenters. The molecule has 108 valence electrons. The molecule has 0 radical (unpaired) electrons. The lowest BCUT2D eigenvalue weighted by molar-refractivity contribution is -0.385. The van der Waals surface area contributed by atoms with Gasteiger partial charge in [0.05, 0.1) is 10.5 Å². The molecule has 0 aliphatic carbocycles. The first-order valence-electron chi connectivity index (χ1n) is 6.41. The van der Waals surface area contributed by atoms with E-state index >= 15 is 0 Å². The zero-order chi connectivity index (χ0) is 14.5. The average Bonchev–Trinajstić information content (AvgIpc) is 2.46. The largest absolute Gasteiger partial charge is 0.350 e. The molecule has 1 atom stereocenters. The Labute approximate surface area is 116 Å². The van der Waals surface area contributed by atoms with E-state index in [2.05, 4.69) is 5.48 Å². The number of nitro benzene ring substituents is 1. The van der Waals surface area contributed by atoms with E-state index in [0.717, 1.165) is 12.8 Å². The molecular weight excluding hydrogens is 264 g/mol. The van der Waals surface area contributed by atoms with Crippen molar-refractivity contribution in [1.82, 2.24) is 5.48 Å². The van der Waals surface area contributed by atoms with Crippen LogP contribution >= 0.6 is 0 Å². The summed E-state index contributed by atoms with van der Waals surface area (Å²) in [4.78, 5) is 27.4. The lowest BCUT2D eigenvalue weighted by atomic mass is 10.1. The Bertz CT molecular complexity index is 511. The highest BCUT2D eigenvalue weighted by atomic mass is 16.8. The molecule has 1 N–H and O–H groups in total. The molecule has 20 heavy (non-hydrogen) atoms. The SMILES string of the molecule is Cc1c(C(=O)NOC2CCCCO2)cccc1[N+](=O)[O-]. The van der Waals surface area contributed by atoms with E-state index in [4.69, 9.17) is 9.57 Å². The predicted molar refractivity (Wildman–Crippen MR) is 70.0 cm³/mol. The van der Waals surface area contributed by atoms with Gasteiger partial charge < -0.3 is 4.74 Å². The van der Waals surface area contributed by atoms with Crippen molar-refractivity contribution in [1.29, 1.82) is 0 Å². The van der Waals surface area contributed by atoms with Crippen LogP contribution in [0.4, 0.5) is 5.69 Å². The Morgan fingerprint density at radius 2 is 2.30 bits per heavy atom. The van der Waals surface area contributed by atoms with Gasteiger partial charge in [-0.3, -0.25) is 14.9 Å². The highest BCUT2D eigenvalue weighted by Crippen LogP contribution is 2.21.